The summed E-state index contributed by atoms with van der Waals surface area (Å²) in [6, 6.07) is 9.02. The highest BCUT2D eigenvalue weighted by Gasteiger charge is 2.34. The zero-order chi connectivity index (χ0) is 18.2. The Morgan fingerprint density at radius 1 is 1.28 bits per heavy atom. The van der Waals surface area contributed by atoms with Crippen LogP contribution in [-0.2, 0) is 25.5 Å². The Kier molecular flexibility index (Phi) is 7.40. The quantitative estimate of drug-likeness (QED) is 0.693. The van der Waals surface area contributed by atoms with E-state index in [0.717, 1.165) is 24.9 Å². The van der Waals surface area contributed by atoms with Crippen molar-refractivity contribution in [3.63, 3.8) is 0 Å². The van der Waals surface area contributed by atoms with Crippen LogP contribution in [-0.4, -0.2) is 50.8 Å². The molecule has 1 aromatic rings. The zero-order valence-corrected chi connectivity index (χ0v) is 15.2. The van der Waals surface area contributed by atoms with Crippen LogP contribution < -0.4 is 10.6 Å². The van der Waals surface area contributed by atoms with Crippen molar-refractivity contribution < 1.29 is 19.1 Å². The van der Waals surface area contributed by atoms with Gasteiger partial charge in [0.2, 0.25) is 5.91 Å². The number of hydrogen-bond acceptors (Lipinski definition) is 5. The molecule has 1 aliphatic rings. The average molecular weight is 348 g/mol. The van der Waals surface area contributed by atoms with Gasteiger partial charge in [0.05, 0.1) is 19.1 Å². The summed E-state index contributed by atoms with van der Waals surface area (Å²) in [4.78, 5) is 24.8. The maximum absolute atomic E-state index is 12.7. The van der Waals surface area contributed by atoms with Gasteiger partial charge in [-0.25, -0.2) is 4.79 Å². The van der Waals surface area contributed by atoms with Gasteiger partial charge in [-0.15, -0.1) is 0 Å². The van der Waals surface area contributed by atoms with Gasteiger partial charge in [0.15, 0.2) is 0 Å². The van der Waals surface area contributed by atoms with Crippen molar-refractivity contribution in [3.05, 3.63) is 35.9 Å². The van der Waals surface area contributed by atoms with Gasteiger partial charge >= 0.3 is 5.97 Å². The average Bonchev–Trinajstić information content (AvgIpc) is 3.16. The summed E-state index contributed by atoms with van der Waals surface area (Å²) in [7, 11) is 2.95. The molecule has 1 heterocycles. The van der Waals surface area contributed by atoms with Crippen molar-refractivity contribution in [2.45, 2.75) is 44.4 Å². The van der Waals surface area contributed by atoms with Gasteiger partial charge < -0.3 is 20.1 Å². The minimum absolute atomic E-state index is 0.163. The summed E-state index contributed by atoms with van der Waals surface area (Å²) < 4.78 is 10.4. The molecule has 4 atom stereocenters. The third-order valence-electron chi connectivity index (χ3n) is 4.76. The lowest BCUT2D eigenvalue weighted by Gasteiger charge is -2.28. The predicted molar refractivity (Wildman–Crippen MR) is 95.1 cm³/mol. The van der Waals surface area contributed by atoms with Crippen LogP contribution >= 0.6 is 0 Å². The lowest BCUT2D eigenvalue weighted by molar-refractivity contribution is -0.146. The molecular formula is C19H28N2O4. The number of esters is 1. The van der Waals surface area contributed by atoms with E-state index in [4.69, 9.17) is 9.47 Å². The number of methoxy groups -OCH3 is 2. The van der Waals surface area contributed by atoms with E-state index in [1.54, 1.807) is 7.11 Å². The van der Waals surface area contributed by atoms with Crippen LogP contribution in [0.3, 0.4) is 0 Å². The number of carbonyl (C=O) groups excluding carboxylic acids is 2. The fourth-order valence-corrected chi connectivity index (χ4v) is 3.35. The minimum atomic E-state index is -0.712. The fourth-order valence-electron chi connectivity index (χ4n) is 3.35. The van der Waals surface area contributed by atoms with E-state index >= 15 is 0 Å². The monoisotopic (exact) mass is 348 g/mol. The Morgan fingerprint density at radius 3 is 2.56 bits per heavy atom. The van der Waals surface area contributed by atoms with Gasteiger partial charge in [0.1, 0.15) is 6.04 Å². The number of benzene rings is 1. The second-order valence-electron chi connectivity index (χ2n) is 6.47. The van der Waals surface area contributed by atoms with Gasteiger partial charge in [-0.05, 0) is 24.9 Å². The first-order chi connectivity index (χ1) is 12.1. The SMILES string of the molecule is COC(=O)C(Cc1ccccc1)NC(=O)[C@H](C)[C@@H](OC)[C@@H]1CCCN1. The molecule has 1 aromatic carbocycles. The lowest BCUT2D eigenvalue weighted by atomic mass is 9.95. The van der Waals surface area contributed by atoms with Crippen molar-refractivity contribution in [1.29, 1.82) is 0 Å². The van der Waals surface area contributed by atoms with Crippen molar-refractivity contribution in [3.8, 4) is 0 Å². The third-order valence-corrected chi connectivity index (χ3v) is 4.76. The van der Waals surface area contributed by atoms with Crippen LogP contribution in [0.15, 0.2) is 30.3 Å². The Balaban J connectivity index is 2.03. The zero-order valence-electron chi connectivity index (χ0n) is 15.2. The van der Waals surface area contributed by atoms with Crippen LogP contribution in [0.1, 0.15) is 25.3 Å². The van der Waals surface area contributed by atoms with Gasteiger partial charge in [0.25, 0.3) is 0 Å². The first-order valence-electron chi connectivity index (χ1n) is 8.75. The van der Waals surface area contributed by atoms with Crippen LogP contribution in [0.25, 0.3) is 0 Å². The van der Waals surface area contributed by atoms with E-state index in [1.165, 1.54) is 7.11 Å². The molecule has 1 aliphatic heterocycles. The fraction of sp³-hybridized carbons (Fsp3) is 0.579. The van der Waals surface area contributed by atoms with E-state index in [9.17, 15) is 9.59 Å². The maximum Gasteiger partial charge on any atom is 0.328 e. The van der Waals surface area contributed by atoms with E-state index < -0.39 is 12.0 Å². The van der Waals surface area contributed by atoms with Crippen molar-refractivity contribution >= 4 is 11.9 Å². The van der Waals surface area contributed by atoms with E-state index in [2.05, 4.69) is 10.6 Å². The Bertz CT molecular complexity index is 558. The van der Waals surface area contributed by atoms with E-state index in [-0.39, 0.29) is 24.0 Å². The highest BCUT2D eigenvalue weighted by Crippen LogP contribution is 2.19. The first kappa shape index (κ1) is 19.4. The maximum atomic E-state index is 12.7. The number of hydrogen-bond donors (Lipinski definition) is 2. The molecular weight excluding hydrogens is 320 g/mol. The molecule has 138 valence electrons. The number of rotatable bonds is 8. The van der Waals surface area contributed by atoms with Crippen LogP contribution in [0.5, 0.6) is 0 Å². The normalized spacial score (nSPS) is 20.5. The van der Waals surface area contributed by atoms with Gasteiger partial charge in [-0.3, -0.25) is 4.79 Å². The molecule has 6 heteroatoms. The second-order valence-corrected chi connectivity index (χ2v) is 6.47. The molecule has 1 fully saturated rings. The number of nitrogens with one attached hydrogen (secondary N) is 2. The largest absolute Gasteiger partial charge is 0.467 e. The standard InChI is InChI=1S/C19H28N2O4/c1-13(17(24-2)15-10-7-11-20-15)18(22)21-16(19(23)25-3)12-14-8-5-4-6-9-14/h4-6,8-9,13,15-17,20H,7,10-12H2,1-3H3,(H,21,22)/t13-,15+,16?,17-/m1/s1. The smallest absolute Gasteiger partial charge is 0.328 e. The molecule has 0 radical (unpaired) electrons. The molecule has 0 saturated carbocycles. The molecule has 0 aliphatic carbocycles. The summed E-state index contributed by atoms with van der Waals surface area (Å²) in [5.74, 6) is -1.02. The highest BCUT2D eigenvalue weighted by atomic mass is 16.5. The summed E-state index contributed by atoms with van der Waals surface area (Å²) >= 11 is 0. The van der Waals surface area contributed by atoms with Crippen LogP contribution in [0, 0.1) is 5.92 Å². The Labute approximate surface area is 149 Å². The predicted octanol–water partition coefficient (Wildman–Crippen LogP) is 1.29. The highest BCUT2D eigenvalue weighted by molar-refractivity contribution is 5.86. The molecule has 0 spiro atoms. The second kappa shape index (κ2) is 9.53. The molecule has 0 bridgehead atoms. The summed E-state index contributed by atoms with van der Waals surface area (Å²) in [5.41, 5.74) is 0.964. The summed E-state index contributed by atoms with van der Waals surface area (Å²) in [5, 5.41) is 6.21. The molecule has 2 N–H and O–H groups in total. The first-order valence-corrected chi connectivity index (χ1v) is 8.75. The van der Waals surface area contributed by atoms with Crippen molar-refractivity contribution in [2.75, 3.05) is 20.8 Å². The molecule has 25 heavy (non-hydrogen) atoms. The number of carbonyl (C=O) groups is 2. The number of amides is 1. The third kappa shape index (κ3) is 5.28. The molecule has 1 saturated heterocycles. The number of ether oxygens (including phenoxy) is 2. The van der Waals surface area contributed by atoms with Crippen LogP contribution in [0.4, 0.5) is 0 Å². The Hall–Kier alpha value is -1.92. The summed E-state index contributed by atoms with van der Waals surface area (Å²) in [6.07, 6.45) is 2.24. The summed E-state index contributed by atoms with van der Waals surface area (Å²) in [6.45, 7) is 2.78. The minimum Gasteiger partial charge on any atom is -0.467 e. The topological polar surface area (TPSA) is 76.7 Å². The molecule has 2 rings (SSSR count). The Morgan fingerprint density at radius 2 is 2.00 bits per heavy atom. The molecule has 0 aromatic heterocycles. The van der Waals surface area contributed by atoms with E-state index in [0.29, 0.717) is 6.42 Å². The lowest BCUT2D eigenvalue weighted by Crippen LogP contribution is -2.50. The van der Waals surface area contributed by atoms with Gasteiger partial charge in [0, 0.05) is 19.6 Å². The van der Waals surface area contributed by atoms with Gasteiger partial charge in [-0.1, -0.05) is 37.3 Å². The van der Waals surface area contributed by atoms with Gasteiger partial charge in [-0.2, -0.15) is 0 Å². The molecule has 6 nitrogen and oxygen atoms in total. The molecule has 1 amide bonds. The van der Waals surface area contributed by atoms with Crippen molar-refractivity contribution in [2.24, 2.45) is 5.92 Å². The van der Waals surface area contributed by atoms with Crippen LogP contribution in [0.2, 0.25) is 0 Å². The molecule has 1 unspecified atom stereocenters. The van der Waals surface area contributed by atoms with E-state index in [1.807, 2.05) is 37.3 Å². The van der Waals surface area contributed by atoms with Crippen molar-refractivity contribution in [1.82, 2.24) is 10.6 Å².